The molecule has 6 N–H and O–H groups in total. The number of carboxylic acids is 2. The van der Waals surface area contributed by atoms with E-state index in [4.69, 9.17) is 9.84 Å². The predicted octanol–water partition coefficient (Wildman–Crippen LogP) is 1.31. The minimum absolute atomic E-state index is 0.0524. The van der Waals surface area contributed by atoms with Crippen molar-refractivity contribution in [2.24, 2.45) is 0 Å². The first-order valence-electron chi connectivity index (χ1n) is 10.7. The van der Waals surface area contributed by atoms with Gasteiger partial charge in [-0.3, -0.25) is 14.9 Å². The Labute approximate surface area is 198 Å². The van der Waals surface area contributed by atoms with Gasteiger partial charge in [-0.15, -0.1) is 0 Å². The molecule has 0 radical (unpaired) electrons. The molecular weight excluding hydrogens is 458 g/mol. The Morgan fingerprint density at radius 3 is 2.57 bits per heavy atom. The van der Waals surface area contributed by atoms with Crippen molar-refractivity contribution in [3.8, 4) is 5.75 Å². The first-order chi connectivity index (χ1) is 16.7. The average molecular weight is 481 g/mol. The zero-order valence-corrected chi connectivity index (χ0v) is 18.6. The number of benzene rings is 2. The Morgan fingerprint density at radius 2 is 1.89 bits per heavy atom. The van der Waals surface area contributed by atoms with E-state index in [2.05, 4.69) is 15.6 Å². The zero-order valence-electron chi connectivity index (χ0n) is 18.6. The summed E-state index contributed by atoms with van der Waals surface area (Å²) in [6, 6.07) is 8.76. The molecule has 1 aromatic heterocycles. The van der Waals surface area contributed by atoms with E-state index in [0.29, 0.717) is 5.56 Å². The van der Waals surface area contributed by atoms with Crippen molar-refractivity contribution in [3.63, 3.8) is 0 Å². The Balaban J connectivity index is 1.75. The number of amides is 1. The van der Waals surface area contributed by atoms with Gasteiger partial charge >= 0.3 is 17.9 Å². The number of carbonyl (C=O) groups is 4. The van der Waals surface area contributed by atoms with Crippen LogP contribution in [0, 0.1) is 0 Å². The summed E-state index contributed by atoms with van der Waals surface area (Å²) in [5.41, 5.74) is 2.89. The smallest absolute Gasteiger partial charge is 0.341 e. The van der Waals surface area contributed by atoms with Crippen LogP contribution in [0.15, 0.2) is 42.5 Å². The molecule has 1 amide bonds. The van der Waals surface area contributed by atoms with Crippen LogP contribution in [0.1, 0.15) is 39.6 Å². The summed E-state index contributed by atoms with van der Waals surface area (Å²) >= 11 is 0. The number of carbonyl (C=O) groups excluding carboxylic acids is 2. The van der Waals surface area contributed by atoms with Gasteiger partial charge in [0.25, 0.3) is 0 Å². The number of phenolic OH excluding ortho intramolecular Hbond substituents is 1. The molecule has 11 heteroatoms. The molecule has 11 nitrogen and oxygen atoms in total. The second kappa shape index (κ2) is 9.47. The van der Waals surface area contributed by atoms with Crippen molar-refractivity contribution >= 4 is 34.7 Å². The molecule has 0 fully saturated rings. The van der Waals surface area contributed by atoms with E-state index in [0.717, 1.165) is 22.2 Å². The summed E-state index contributed by atoms with van der Waals surface area (Å²) in [6.45, 7) is 0. The molecule has 1 aliphatic rings. The molecule has 3 aromatic rings. The summed E-state index contributed by atoms with van der Waals surface area (Å²) in [4.78, 5) is 51.0. The number of aromatic nitrogens is 1. The number of methoxy groups -OCH3 is 1. The van der Waals surface area contributed by atoms with Crippen LogP contribution in [0.2, 0.25) is 0 Å². The summed E-state index contributed by atoms with van der Waals surface area (Å²) in [5.74, 6) is -4.48. The second-order valence-corrected chi connectivity index (χ2v) is 8.18. The molecule has 0 aliphatic carbocycles. The van der Waals surface area contributed by atoms with Crippen LogP contribution < -0.4 is 10.6 Å². The lowest BCUT2D eigenvalue weighted by molar-refractivity contribution is -0.147. The van der Waals surface area contributed by atoms with Crippen LogP contribution >= 0.6 is 0 Å². The topological polar surface area (TPSA) is 178 Å². The number of aromatic amines is 1. The maximum atomic E-state index is 13.1. The third-order valence-electron chi connectivity index (χ3n) is 5.98. The van der Waals surface area contributed by atoms with E-state index in [1.165, 1.54) is 19.2 Å². The summed E-state index contributed by atoms with van der Waals surface area (Å²) in [7, 11) is 1.19. The van der Waals surface area contributed by atoms with Gasteiger partial charge < -0.3 is 30.4 Å². The fourth-order valence-electron chi connectivity index (χ4n) is 4.32. The molecule has 182 valence electrons. The maximum Gasteiger partial charge on any atom is 0.341 e. The number of phenols is 1. The number of fused-ring (bicyclic) bond motifs is 3. The lowest BCUT2D eigenvalue weighted by Gasteiger charge is -2.32. The standard InChI is InChI=1S/C24H23N3O8/c1-35-24(34)14-8-11(6-7-18(14)28)20-21-13(12-4-2-3-5-15(12)25-21)9-16(26-20)22(31)27-17(23(32)33)10-19(29)30/h2-8,16-17,20,25-26,28H,9-10H2,1H3,(H,27,31)(H,29,30)(H,32,33)/t16-,17-,20+/m0/s1. The normalized spacial score (nSPS) is 17.9. The van der Waals surface area contributed by atoms with Gasteiger partial charge in [0.1, 0.15) is 17.4 Å². The van der Waals surface area contributed by atoms with Crippen molar-refractivity contribution < 1.29 is 39.2 Å². The van der Waals surface area contributed by atoms with Crippen molar-refractivity contribution in [1.29, 1.82) is 0 Å². The first kappa shape index (κ1) is 23.8. The van der Waals surface area contributed by atoms with Crippen LogP contribution in [0.5, 0.6) is 5.75 Å². The molecule has 0 bridgehead atoms. The monoisotopic (exact) mass is 481 g/mol. The minimum atomic E-state index is -1.59. The Hall–Kier alpha value is -4.38. The molecule has 2 aromatic carbocycles. The van der Waals surface area contributed by atoms with Crippen LogP contribution in [0.4, 0.5) is 0 Å². The van der Waals surface area contributed by atoms with Gasteiger partial charge in [-0.2, -0.15) is 0 Å². The first-order valence-corrected chi connectivity index (χ1v) is 10.7. The largest absolute Gasteiger partial charge is 0.507 e. The van der Waals surface area contributed by atoms with Gasteiger partial charge in [-0.25, -0.2) is 9.59 Å². The van der Waals surface area contributed by atoms with Gasteiger partial charge in [0.15, 0.2) is 0 Å². The highest BCUT2D eigenvalue weighted by atomic mass is 16.5. The molecule has 1 aliphatic heterocycles. The lowest BCUT2D eigenvalue weighted by atomic mass is 9.89. The minimum Gasteiger partial charge on any atom is -0.507 e. The van der Waals surface area contributed by atoms with Gasteiger partial charge in [0.2, 0.25) is 5.91 Å². The Morgan fingerprint density at radius 1 is 1.14 bits per heavy atom. The highest BCUT2D eigenvalue weighted by molar-refractivity contribution is 5.93. The highest BCUT2D eigenvalue weighted by Gasteiger charge is 2.36. The predicted molar refractivity (Wildman–Crippen MR) is 122 cm³/mol. The number of carboxylic acid groups (broad SMARTS) is 2. The molecule has 2 heterocycles. The van der Waals surface area contributed by atoms with E-state index in [-0.39, 0.29) is 17.7 Å². The average Bonchev–Trinajstić information content (AvgIpc) is 3.21. The molecule has 4 rings (SSSR count). The quantitative estimate of drug-likeness (QED) is 0.271. The maximum absolute atomic E-state index is 13.1. The summed E-state index contributed by atoms with van der Waals surface area (Å²) in [5, 5.41) is 34.8. The number of ether oxygens (including phenoxy) is 1. The van der Waals surface area contributed by atoms with Crippen LogP contribution in [-0.4, -0.2) is 63.3 Å². The number of aliphatic carboxylic acids is 2. The van der Waals surface area contributed by atoms with Gasteiger partial charge in [0, 0.05) is 16.6 Å². The number of H-pyrrole nitrogens is 1. The summed E-state index contributed by atoms with van der Waals surface area (Å²) in [6.07, 6.45) is -0.557. The van der Waals surface area contributed by atoms with Gasteiger partial charge in [0.05, 0.1) is 25.6 Å². The van der Waals surface area contributed by atoms with Crippen molar-refractivity contribution in [2.75, 3.05) is 7.11 Å². The number of rotatable bonds is 7. The number of aromatic hydroxyl groups is 1. The van der Waals surface area contributed by atoms with Gasteiger partial charge in [-0.05, 0) is 35.7 Å². The SMILES string of the molecule is COC(=O)c1cc([C@H]2N[C@H](C(=O)N[C@@H](CC(=O)O)C(=O)O)Cc3c2[nH]c2ccccc32)ccc1O. The van der Waals surface area contributed by atoms with E-state index in [9.17, 15) is 29.4 Å². The van der Waals surface area contributed by atoms with E-state index < -0.39 is 48.4 Å². The number of para-hydroxylation sites is 1. The van der Waals surface area contributed by atoms with Crippen molar-refractivity contribution in [2.45, 2.75) is 31.0 Å². The van der Waals surface area contributed by atoms with Crippen LogP contribution in [-0.2, 0) is 25.5 Å². The number of hydrogen-bond acceptors (Lipinski definition) is 7. The lowest BCUT2D eigenvalue weighted by Crippen LogP contribution is -2.54. The number of esters is 1. The Kier molecular flexibility index (Phi) is 6.43. The fraction of sp³-hybridized carbons (Fsp3) is 0.250. The third kappa shape index (κ3) is 4.66. The zero-order chi connectivity index (χ0) is 25.3. The molecule has 35 heavy (non-hydrogen) atoms. The van der Waals surface area contributed by atoms with Crippen LogP contribution in [0.3, 0.4) is 0 Å². The van der Waals surface area contributed by atoms with Gasteiger partial charge in [-0.1, -0.05) is 24.3 Å². The highest BCUT2D eigenvalue weighted by Crippen LogP contribution is 2.36. The van der Waals surface area contributed by atoms with Crippen molar-refractivity contribution in [1.82, 2.24) is 15.6 Å². The number of nitrogens with one attached hydrogen (secondary N) is 3. The summed E-state index contributed by atoms with van der Waals surface area (Å²) < 4.78 is 4.74. The molecule has 0 unspecified atom stereocenters. The van der Waals surface area contributed by atoms with Crippen LogP contribution in [0.25, 0.3) is 10.9 Å². The fourth-order valence-corrected chi connectivity index (χ4v) is 4.32. The van der Waals surface area contributed by atoms with E-state index in [1.807, 2.05) is 24.3 Å². The third-order valence-corrected chi connectivity index (χ3v) is 5.98. The van der Waals surface area contributed by atoms with Crippen molar-refractivity contribution in [3.05, 3.63) is 64.8 Å². The molecule has 0 saturated heterocycles. The second-order valence-electron chi connectivity index (χ2n) is 8.18. The number of hydrogen-bond donors (Lipinski definition) is 6. The molecular formula is C24H23N3O8. The van der Waals surface area contributed by atoms with E-state index in [1.54, 1.807) is 6.07 Å². The molecule has 0 spiro atoms. The Bertz CT molecular complexity index is 1330. The molecule has 0 saturated carbocycles. The van der Waals surface area contributed by atoms with E-state index >= 15 is 0 Å². The molecule has 3 atom stereocenters.